The normalized spacial score (nSPS) is 24.1. The number of nitrogens with one attached hydrogen (secondary N) is 2. The molecule has 2 N–H and O–H groups in total. The lowest BCUT2D eigenvalue weighted by Crippen LogP contribution is -2.57. The van der Waals surface area contributed by atoms with Gasteiger partial charge in [-0.2, -0.15) is 5.10 Å². The second-order valence-electron chi connectivity index (χ2n) is 8.48. The number of nitrogens with zero attached hydrogens (tertiary/aromatic N) is 5. The lowest BCUT2D eigenvalue weighted by atomic mass is 9.84. The Balaban J connectivity index is 1.33. The van der Waals surface area contributed by atoms with Crippen molar-refractivity contribution in [2.24, 2.45) is 7.05 Å². The molecule has 0 unspecified atom stereocenters. The maximum Gasteiger partial charge on any atom is 0.240 e. The van der Waals surface area contributed by atoms with Gasteiger partial charge in [0, 0.05) is 42.8 Å². The van der Waals surface area contributed by atoms with E-state index in [0.29, 0.717) is 6.54 Å². The van der Waals surface area contributed by atoms with E-state index < -0.39 is 5.54 Å². The lowest BCUT2D eigenvalue weighted by molar-refractivity contribution is -0.134. The van der Waals surface area contributed by atoms with Crippen LogP contribution in [0.25, 0.3) is 10.2 Å². The van der Waals surface area contributed by atoms with E-state index in [9.17, 15) is 4.79 Å². The molecule has 2 saturated heterocycles. The van der Waals surface area contributed by atoms with Gasteiger partial charge >= 0.3 is 0 Å². The molecule has 0 spiro atoms. The number of rotatable bonds is 5. The van der Waals surface area contributed by atoms with Gasteiger partial charge in [-0.05, 0) is 45.2 Å². The van der Waals surface area contributed by atoms with Crippen LogP contribution in [0.15, 0.2) is 24.8 Å². The number of thiophene rings is 1. The van der Waals surface area contributed by atoms with Gasteiger partial charge in [0.2, 0.25) is 5.91 Å². The summed E-state index contributed by atoms with van der Waals surface area (Å²) >= 11 is 1.68. The Morgan fingerprint density at radius 3 is 3.10 bits per heavy atom. The first kappa shape index (κ1) is 19.4. The van der Waals surface area contributed by atoms with Crippen LogP contribution in [0, 0.1) is 6.92 Å². The highest BCUT2D eigenvalue weighted by Crippen LogP contribution is 2.39. The Hall–Kier alpha value is -2.52. The Kier molecular flexibility index (Phi) is 4.94. The van der Waals surface area contributed by atoms with Gasteiger partial charge in [-0.25, -0.2) is 9.97 Å². The topological polar surface area (TPSA) is 88.0 Å². The number of amides is 1. The van der Waals surface area contributed by atoms with Crippen LogP contribution in [-0.4, -0.2) is 55.2 Å². The zero-order valence-electron chi connectivity index (χ0n) is 17.4. The van der Waals surface area contributed by atoms with Crippen molar-refractivity contribution in [3.05, 3.63) is 35.2 Å². The first-order chi connectivity index (χ1) is 14.5. The van der Waals surface area contributed by atoms with Gasteiger partial charge < -0.3 is 10.6 Å². The number of hydrogen-bond acceptors (Lipinski definition) is 7. The van der Waals surface area contributed by atoms with E-state index in [1.54, 1.807) is 28.5 Å². The lowest BCUT2D eigenvalue weighted by Gasteiger charge is -2.40. The summed E-state index contributed by atoms with van der Waals surface area (Å²) < 4.78 is 1.76. The molecule has 2 fully saturated rings. The fraction of sp³-hybridized carbons (Fsp3) is 0.524. The van der Waals surface area contributed by atoms with Gasteiger partial charge in [0.25, 0.3) is 0 Å². The van der Waals surface area contributed by atoms with Crippen LogP contribution >= 0.6 is 11.3 Å². The van der Waals surface area contributed by atoms with Crippen molar-refractivity contribution in [3.63, 3.8) is 0 Å². The van der Waals surface area contributed by atoms with E-state index in [1.165, 1.54) is 4.88 Å². The molecule has 0 bridgehead atoms. The molecule has 8 nitrogen and oxygen atoms in total. The number of fused-ring (bicyclic) bond motifs is 2. The van der Waals surface area contributed by atoms with Crippen molar-refractivity contribution < 1.29 is 4.79 Å². The number of aryl methyl sites for hydroxylation is 2. The first-order valence-electron chi connectivity index (χ1n) is 10.5. The summed E-state index contributed by atoms with van der Waals surface area (Å²) in [4.78, 5) is 26.9. The van der Waals surface area contributed by atoms with Crippen molar-refractivity contribution in [3.8, 4) is 0 Å². The van der Waals surface area contributed by atoms with E-state index in [2.05, 4.69) is 43.6 Å². The van der Waals surface area contributed by atoms with Crippen LogP contribution < -0.4 is 10.6 Å². The second-order valence-corrected chi connectivity index (χ2v) is 9.72. The van der Waals surface area contributed by atoms with Crippen molar-refractivity contribution in [1.82, 2.24) is 30.0 Å². The quantitative estimate of drug-likeness (QED) is 0.653. The number of anilines is 1. The maximum absolute atomic E-state index is 13.4. The SMILES string of the molecule is Cc1cc2c(N[C@@H]3CN4CCCC[C@@]4(C(=O)NCc4cnn(C)c4)C3)ncnc2s1. The summed E-state index contributed by atoms with van der Waals surface area (Å²) in [5, 5.41) is 12.1. The average Bonchev–Trinajstić information content (AvgIpc) is 3.42. The Morgan fingerprint density at radius 2 is 2.27 bits per heavy atom. The predicted molar refractivity (Wildman–Crippen MR) is 117 cm³/mol. The molecule has 1 amide bonds. The van der Waals surface area contributed by atoms with Crippen molar-refractivity contribution >= 4 is 33.3 Å². The third kappa shape index (κ3) is 3.45. The summed E-state index contributed by atoms with van der Waals surface area (Å²) in [7, 11) is 1.89. The fourth-order valence-corrected chi connectivity index (χ4v) is 5.82. The van der Waals surface area contributed by atoms with Gasteiger partial charge in [0.05, 0.1) is 11.6 Å². The molecular formula is C21H27N7OS. The number of aromatic nitrogens is 4. The summed E-state index contributed by atoms with van der Waals surface area (Å²) in [5.74, 6) is 1.01. The van der Waals surface area contributed by atoms with E-state index >= 15 is 0 Å². The van der Waals surface area contributed by atoms with Gasteiger partial charge in [-0.3, -0.25) is 14.4 Å². The Morgan fingerprint density at radius 1 is 1.37 bits per heavy atom. The molecule has 5 heterocycles. The summed E-state index contributed by atoms with van der Waals surface area (Å²) in [6.45, 7) is 4.43. The van der Waals surface area contributed by atoms with Crippen LogP contribution in [0.4, 0.5) is 5.82 Å². The van der Waals surface area contributed by atoms with Crippen LogP contribution in [0.1, 0.15) is 36.1 Å². The maximum atomic E-state index is 13.4. The monoisotopic (exact) mass is 425 g/mol. The van der Waals surface area contributed by atoms with Gasteiger partial charge in [0.15, 0.2) is 0 Å². The zero-order chi connectivity index (χ0) is 20.7. The number of carbonyl (C=O) groups is 1. The number of carbonyl (C=O) groups excluding carboxylic acids is 1. The molecule has 2 atom stereocenters. The third-order valence-electron chi connectivity index (χ3n) is 6.33. The number of piperidine rings is 1. The van der Waals surface area contributed by atoms with E-state index in [4.69, 9.17) is 0 Å². The molecule has 3 aromatic heterocycles. The number of hydrogen-bond donors (Lipinski definition) is 2. The summed E-state index contributed by atoms with van der Waals surface area (Å²) in [5.41, 5.74) is 0.586. The smallest absolute Gasteiger partial charge is 0.240 e. The van der Waals surface area contributed by atoms with Gasteiger partial charge in [-0.15, -0.1) is 11.3 Å². The second kappa shape index (κ2) is 7.63. The average molecular weight is 426 g/mol. The van der Waals surface area contributed by atoms with Crippen molar-refractivity contribution in [1.29, 1.82) is 0 Å². The largest absolute Gasteiger partial charge is 0.365 e. The molecule has 0 aromatic carbocycles. The van der Waals surface area contributed by atoms with E-state index in [0.717, 1.165) is 60.4 Å². The summed E-state index contributed by atoms with van der Waals surface area (Å²) in [6.07, 6.45) is 9.30. The van der Waals surface area contributed by atoms with Crippen LogP contribution in [-0.2, 0) is 18.4 Å². The Bertz CT molecular complexity index is 1080. The first-order valence-corrected chi connectivity index (χ1v) is 11.3. The minimum Gasteiger partial charge on any atom is -0.365 e. The molecule has 158 valence electrons. The molecule has 2 aliphatic heterocycles. The highest BCUT2D eigenvalue weighted by atomic mass is 32.1. The van der Waals surface area contributed by atoms with E-state index in [-0.39, 0.29) is 11.9 Å². The van der Waals surface area contributed by atoms with Crippen LogP contribution in [0.2, 0.25) is 0 Å². The predicted octanol–water partition coefficient (Wildman–Crippen LogP) is 2.46. The molecular weight excluding hydrogens is 398 g/mol. The highest BCUT2D eigenvalue weighted by Gasteiger charge is 2.51. The molecule has 0 saturated carbocycles. The Labute approximate surface area is 179 Å². The van der Waals surface area contributed by atoms with Crippen LogP contribution in [0.3, 0.4) is 0 Å². The molecule has 0 radical (unpaired) electrons. The van der Waals surface area contributed by atoms with Gasteiger partial charge in [0.1, 0.15) is 22.5 Å². The third-order valence-corrected chi connectivity index (χ3v) is 7.28. The molecule has 5 rings (SSSR count). The highest BCUT2D eigenvalue weighted by molar-refractivity contribution is 7.18. The van der Waals surface area contributed by atoms with Crippen LogP contribution in [0.5, 0.6) is 0 Å². The minimum absolute atomic E-state index is 0.134. The summed E-state index contributed by atoms with van der Waals surface area (Å²) in [6, 6.07) is 2.33. The van der Waals surface area contributed by atoms with Crippen molar-refractivity contribution in [2.75, 3.05) is 18.4 Å². The molecule has 30 heavy (non-hydrogen) atoms. The molecule has 0 aliphatic carbocycles. The molecule has 2 aliphatic rings. The minimum atomic E-state index is -0.436. The van der Waals surface area contributed by atoms with Gasteiger partial charge in [-0.1, -0.05) is 0 Å². The fourth-order valence-electron chi connectivity index (χ4n) is 4.97. The molecule has 9 heteroatoms. The molecule has 3 aromatic rings. The standard InChI is InChI=1S/C21H27N7OS/c1-14-7-17-18(23-13-24-19(17)30-14)26-16-8-21(5-3-4-6-28(21)12-16)20(29)22-9-15-10-25-27(2)11-15/h7,10-11,13,16H,3-6,8-9,12H2,1-2H3,(H,22,29)(H,23,24,26)/t16-,21-/m0/s1. The zero-order valence-corrected chi connectivity index (χ0v) is 18.2. The van der Waals surface area contributed by atoms with E-state index in [1.807, 2.05) is 13.2 Å². The van der Waals surface area contributed by atoms with Crippen molar-refractivity contribution in [2.45, 2.75) is 50.7 Å².